The molecule has 0 radical (unpaired) electrons. The monoisotopic (exact) mass is 385 g/mol. The number of nitrogens with zero attached hydrogens (tertiary/aromatic N) is 2. The van der Waals surface area contributed by atoms with Gasteiger partial charge in [0.15, 0.2) is 0 Å². The lowest BCUT2D eigenvalue weighted by Gasteiger charge is -2.38. The van der Waals surface area contributed by atoms with E-state index in [4.69, 9.17) is 0 Å². The van der Waals surface area contributed by atoms with Crippen LogP contribution in [-0.4, -0.2) is 53.8 Å². The minimum absolute atomic E-state index is 0.0435. The fourth-order valence-corrected chi connectivity index (χ4v) is 4.23. The standard InChI is InChI=1S/C23H35N3O2/c1-23(2,21(27)24-20-12-8-3-4-9-13-20)22(28)26-16-14-25(15-17-26)18-19-10-6-5-7-11-19/h5-7,10-11,20H,3-4,8-9,12-18H2,1-2H3,(H,24,27). The second-order valence-corrected chi connectivity index (χ2v) is 8.84. The van der Waals surface area contributed by atoms with Crippen molar-refractivity contribution in [2.45, 2.75) is 65.0 Å². The minimum Gasteiger partial charge on any atom is -0.352 e. The zero-order valence-electron chi connectivity index (χ0n) is 17.5. The van der Waals surface area contributed by atoms with E-state index < -0.39 is 5.41 Å². The van der Waals surface area contributed by atoms with Crippen molar-refractivity contribution in [1.29, 1.82) is 0 Å². The number of nitrogens with one attached hydrogen (secondary N) is 1. The topological polar surface area (TPSA) is 52.7 Å². The maximum atomic E-state index is 13.1. The summed E-state index contributed by atoms with van der Waals surface area (Å²) in [4.78, 5) is 30.2. The highest BCUT2D eigenvalue weighted by atomic mass is 16.2. The van der Waals surface area contributed by atoms with Crippen LogP contribution in [0.5, 0.6) is 0 Å². The van der Waals surface area contributed by atoms with E-state index in [1.165, 1.54) is 31.2 Å². The van der Waals surface area contributed by atoms with Crippen molar-refractivity contribution in [2.75, 3.05) is 26.2 Å². The van der Waals surface area contributed by atoms with E-state index in [0.717, 1.165) is 32.5 Å². The normalized spacial score (nSPS) is 19.9. The largest absolute Gasteiger partial charge is 0.352 e. The fourth-order valence-electron chi connectivity index (χ4n) is 4.23. The second-order valence-electron chi connectivity index (χ2n) is 8.84. The summed E-state index contributed by atoms with van der Waals surface area (Å²) in [6, 6.07) is 10.7. The van der Waals surface area contributed by atoms with Gasteiger partial charge in [0, 0.05) is 38.8 Å². The molecule has 0 bridgehead atoms. The molecule has 0 aromatic heterocycles. The number of amides is 2. The van der Waals surface area contributed by atoms with Crippen molar-refractivity contribution < 1.29 is 9.59 Å². The third kappa shape index (κ3) is 5.34. The molecule has 0 atom stereocenters. The molecule has 3 rings (SSSR count). The van der Waals surface area contributed by atoms with Crippen molar-refractivity contribution in [3.8, 4) is 0 Å². The summed E-state index contributed by atoms with van der Waals surface area (Å²) in [5, 5.41) is 3.16. The summed E-state index contributed by atoms with van der Waals surface area (Å²) in [6.07, 6.45) is 6.91. The van der Waals surface area contributed by atoms with Crippen LogP contribution in [0.15, 0.2) is 30.3 Å². The summed E-state index contributed by atoms with van der Waals surface area (Å²) in [7, 11) is 0. The molecule has 2 amide bonds. The molecule has 1 saturated heterocycles. The Morgan fingerprint density at radius 1 is 0.964 bits per heavy atom. The van der Waals surface area contributed by atoms with Gasteiger partial charge in [0.1, 0.15) is 5.41 Å². The van der Waals surface area contributed by atoms with E-state index >= 15 is 0 Å². The quantitative estimate of drug-likeness (QED) is 0.626. The Labute approximate surface area is 169 Å². The van der Waals surface area contributed by atoms with Crippen LogP contribution in [0, 0.1) is 5.41 Å². The number of rotatable bonds is 5. The SMILES string of the molecule is CC(C)(C(=O)NC1CCCCCC1)C(=O)N1CCN(Cc2ccccc2)CC1. The molecule has 1 saturated carbocycles. The number of carbonyl (C=O) groups is 2. The van der Waals surface area contributed by atoms with E-state index in [2.05, 4.69) is 34.5 Å². The number of benzene rings is 1. The molecule has 1 aliphatic heterocycles. The van der Waals surface area contributed by atoms with Crippen LogP contribution in [0.1, 0.15) is 57.9 Å². The van der Waals surface area contributed by atoms with Crippen LogP contribution >= 0.6 is 0 Å². The van der Waals surface area contributed by atoms with Gasteiger partial charge in [-0.1, -0.05) is 56.0 Å². The second kappa shape index (κ2) is 9.55. The summed E-state index contributed by atoms with van der Waals surface area (Å²) in [6.45, 7) is 7.53. The highest BCUT2D eigenvalue weighted by molar-refractivity contribution is 6.04. The Morgan fingerprint density at radius 3 is 2.18 bits per heavy atom. The van der Waals surface area contributed by atoms with Gasteiger partial charge in [0.2, 0.25) is 11.8 Å². The van der Waals surface area contributed by atoms with Crippen molar-refractivity contribution in [3.05, 3.63) is 35.9 Å². The number of carbonyl (C=O) groups excluding carboxylic acids is 2. The van der Waals surface area contributed by atoms with Gasteiger partial charge in [-0.05, 0) is 32.3 Å². The summed E-state index contributed by atoms with van der Waals surface area (Å²) >= 11 is 0. The van der Waals surface area contributed by atoms with Crippen LogP contribution in [0.2, 0.25) is 0 Å². The van der Waals surface area contributed by atoms with Crippen LogP contribution in [0.25, 0.3) is 0 Å². The Bertz CT molecular complexity index is 643. The Kier molecular flexibility index (Phi) is 7.11. The minimum atomic E-state index is -1.01. The summed E-state index contributed by atoms with van der Waals surface area (Å²) in [5.41, 5.74) is 0.291. The fraction of sp³-hybridized carbons (Fsp3) is 0.652. The van der Waals surface area contributed by atoms with E-state index in [1.54, 1.807) is 13.8 Å². The molecule has 154 valence electrons. The summed E-state index contributed by atoms with van der Waals surface area (Å²) in [5.74, 6) is -0.158. The third-order valence-corrected chi connectivity index (χ3v) is 6.20. The average Bonchev–Trinajstić information content (AvgIpc) is 2.97. The molecule has 0 spiro atoms. The van der Waals surface area contributed by atoms with E-state index in [-0.39, 0.29) is 17.9 Å². The predicted molar refractivity (Wildman–Crippen MR) is 112 cm³/mol. The molecule has 28 heavy (non-hydrogen) atoms. The third-order valence-electron chi connectivity index (χ3n) is 6.20. The van der Waals surface area contributed by atoms with Gasteiger partial charge in [-0.15, -0.1) is 0 Å². The van der Waals surface area contributed by atoms with Crippen LogP contribution in [0.3, 0.4) is 0 Å². The lowest BCUT2D eigenvalue weighted by molar-refractivity contribution is -0.150. The molecule has 2 aliphatic rings. The van der Waals surface area contributed by atoms with Crippen LogP contribution < -0.4 is 5.32 Å². The van der Waals surface area contributed by atoms with Crippen molar-refractivity contribution in [1.82, 2.24) is 15.1 Å². The van der Waals surface area contributed by atoms with Gasteiger partial charge >= 0.3 is 0 Å². The van der Waals surface area contributed by atoms with Gasteiger partial charge in [-0.25, -0.2) is 0 Å². The molecule has 2 fully saturated rings. The van der Waals surface area contributed by atoms with Gasteiger partial charge in [0.05, 0.1) is 0 Å². The zero-order valence-corrected chi connectivity index (χ0v) is 17.5. The molecule has 1 N–H and O–H groups in total. The Hall–Kier alpha value is -1.88. The van der Waals surface area contributed by atoms with E-state index in [1.807, 2.05) is 11.0 Å². The maximum absolute atomic E-state index is 13.1. The molecule has 0 unspecified atom stereocenters. The smallest absolute Gasteiger partial charge is 0.237 e. The average molecular weight is 386 g/mol. The highest BCUT2D eigenvalue weighted by Crippen LogP contribution is 2.23. The Balaban J connectivity index is 1.50. The first kappa shape index (κ1) is 20.8. The first-order chi connectivity index (χ1) is 13.5. The molecule has 1 heterocycles. The summed E-state index contributed by atoms with van der Waals surface area (Å²) < 4.78 is 0. The van der Waals surface area contributed by atoms with Gasteiger partial charge in [-0.3, -0.25) is 14.5 Å². The molecule has 1 aromatic rings. The predicted octanol–water partition coefficient (Wildman–Crippen LogP) is 3.20. The lowest BCUT2D eigenvalue weighted by Crippen LogP contribution is -2.56. The van der Waals surface area contributed by atoms with Gasteiger partial charge in [0.25, 0.3) is 0 Å². The van der Waals surface area contributed by atoms with Crippen LogP contribution in [0.4, 0.5) is 0 Å². The van der Waals surface area contributed by atoms with Gasteiger partial charge < -0.3 is 10.2 Å². The first-order valence-corrected chi connectivity index (χ1v) is 10.8. The van der Waals surface area contributed by atoms with Crippen LogP contribution in [-0.2, 0) is 16.1 Å². The van der Waals surface area contributed by atoms with E-state index in [9.17, 15) is 9.59 Å². The van der Waals surface area contributed by atoms with Gasteiger partial charge in [-0.2, -0.15) is 0 Å². The molecule has 5 nitrogen and oxygen atoms in total. The highest BCUT2D eigenvalue weighted by Gasteiger charge is 2.40. The van der Waals surface area contributed by atoms with E-state index in [0.29, 0.717) is 13.1 Å². The number of piperazine rings is 1. The maximum Gasteiger partial charge on any atom is 0.237 e. The first-order valence-electron chi connectivity index (χ1n) is 10.8. The van der Waals surface area contributed by atoms with Crippen molar-refractivity contribution in [2.24, 2.45) is 5.41 Å². The Morgan fingerprint density at radius 2 is 1.57 bits per heavy atom. The van der Waals surface area contributed by atoms with Crippen molar-refractivity contribution in [3.63, 3.8) is 0 Å². The zero-order chi connectivity index (χ0) is 20.0. The molecule has 1 aliphatic carbocycles. The lowest BCUT2D eigenvalue weighted by atomic mass is 9.89. The molecular formula is C23H35N3O2. The molecule has 1 aromatic carbocycles. The number of hydrogen-bond donors (Lipinski definition) is 1. The number of hydrogen-bond acceptors (Lipinski definition) is 3. The molecular weight excluding hydrogens is 350 g/mol. The molecule has 5 heteroatoms. The van der Waals surface area contributed by atoms with Crippen molar-refractivity contribution >= 4 is 11.8 Å².